The Morgan fingerprint density at radius 1 is 1.28 bits per heavy atom. The Kier molecular flexibility index (Phi) is 5.87. The zero-order chi connectivity index (χ0) is 13.5. The zero-order valence-corrected chi connectivity index (χ0v) is 10.5. The maximum absolute atomic E-state index is 13.3. The number of halogens is 3. The monoisotopic (exact) mass is 278 g/mol. The van der Waals surface area contributed by atoms with Gasteiger partial charge in [0.2, 0.25) is 0 Å². The Labute approximate surface area is 108 Å². The minimum atomic E-state index is -1.03. The van der Waals surface area contributed by atoms with Gasteiger partial charge in [0.25, 0.3) is 0 Å². The van der Waals surface area contributed by atoms with Gasteiger partial charge in [-0.15, -0.1) is 0 Å². The van der Waals surface area contributed by atoms with Gasteiger partial charge < -0.3 is 15.4 Å². The number of anilines is 1. The summed E-state index contributed by atoms with van der Waals surface area (Å²) in [5, 5.41) is 5.16. The first-order chi connectivity index (χ1) is 8.54. The maximum Gasteiger partial charge on any atom is 0.170 e. The first-order valence-electron chi connectivity index (χ1n) is 5.23. The number of methoxy groups -OCH3 is 1. The smallest absolute Gasteiger partial charge is 0.170 e. The van der Waals surface area contributed by atoms with Crippen molar-refractivity contribution in [1.29, 1.82) is 0 Å². The summed E-state index contributed by atoms with van der Waals surface area (Å²) in [5.41, 5.74) is -0.472. The van der Waals surface area contributed by atoms with Crippen molar-refractivity contribution in [2.75, 3.05) is 25.6 Å². The summed E-state index contributed by atoms with van der Waals surface area (Å²) < 4.78 is 44.0. The van der Waals surface area contributed by atoms with Gasteiger partial charge >= 0.3 is 0 Å². The highest BCUT2D eigenvalue weighted by Crippen LogP contribution is 2.19. The van der Waals surface area contributed by atoms with Crippen LogP contribution in [-0.2, 0) is 4.74 Å². The second-order valence-corrected chi connectivity index (χ2v) is 3.88. The number of hydrogen-bond acceptors (Lipinski definition) is 2. The first-order valence-corrected chi connectivity index (χ1v) is 5.63. The van der Waals surface area contributed by atoms with Crippen LogP contribution in [0, 0.1) is 17.5 Å². The molecule has 0 aliphatic heterocycles. The number of nitrogens with one attached hydrogen (secondary N) is 2. The molecule has 0 saturated heterocycles. The minimum absolute atomic E-state index is 0.0653. The molecule has 1 aromatic carbocycles. The van der Waals surface area contributed by atoms with Gasteiger partial charge in [0.05, 0.1) is 0 Å². The first kappa shape index (κ1) is 14.7. The van der Waals surface area contributed by atoms with Gasteiger partial charge in [-0.05, 0) is 18.6 Å². The second kappa shape index (κ2) is 7.17. The highest BCUT2D eigenvalue weighted by Gasteiger charge is 2.12. The molecule has 18 heavy (non-hydrogen) atoms. The molecule has 0 radical (unpaired) electrons. The van der Waals surface area contributed by atoms with Crippen LogP contribution in [-0.4, -0.2) is 25.4 Å². The molecule has 0 fully saturated rings. The molecule has 7 heteroatoms. The van der Waals surface area contributed by atoms with Crippen LogP contribution in [0.25, 0.3) is 0 Å². The van der Waals surface area contributed by atoms with E-state index in [0.717, 1.165) is 0 Å². The lowest BCUT2D eigenvalue weighted by Gasteiger charge is -2.11. The molecule has 0 amide bonds. The molecule has 0 aliphatic rings. The molecule has 0 aromatic heterocycles. The summed E-state index contributed by atoms with van der Waals surface area (Å²) in [6, 6.07) is 1.16. The number of ether oxygens (including phenoxy) is 1. The number of benzene rings is 1. The molecule has 1 rings (SSSR count). The topological polar surface area (TPSA) is 33.3 Å². The van der Waals surface area contributed by atoms with Crippen molar-refractivity contribution in [3.05, 3.63) is 29.6 Å². The van der Waals surface area contributed by atoms with E-state index in [2.05, 4.69) is 10.6 Å². The fourth-order valence-corrected chi connectivity index (χ4v) is 1.44. The van der Waals surface area contributed by atoms with Crippen LogP contribution in [0.15, 0.2) is 12.1 Å². The molecule has 1 aromatic rings. The zero-order valence-electron chi connectivity index (χ0n) is 9.73. The normalized spacial score (nSPS) is 10.2. The number of hydrogen-bond donors (Lipinski definition) is 2. The molecule has 0 unspecified atom stereocenters. The van der Waals surface area contributed by atoms with Crippen LogP contribution in [0.1, 0.15) is 6.42 Å². The summed E-state index contributed by atoms with van der Waals surface area (Å²) in [7, 11) is 1.57. The fourth-order valence-electron chi connectivity index (χ4n) is 1.24. The van der Waals surface area contributed by atoms with Gasteiger partial charge in [0.15, 0.2) is 16.7 Å². The van der Waals surface area contributed by atoms with Gasteiger partial charge in [0, 0.05) is 32.4 Å². The van der Waals surface area contributed by atoms with Crippen LogP contribution in [0.4, 0.5) is 18.9 Å². The molecule has 0 heterocycles. The summed E-state index contributed by atoms with van der Waals surface area (Å²) in [4.78, 5) is 0. The van der Waals surface area contributed by atoms with E-state index in [9.17, 15) is 13.2 Å². The van der Waals surface area contributed by atoms with Crippen molar-refractivity contribution < 1.29 is 17.9 Å². The standard InChI is InChI=1S/C11H13F3N2OS/c1-17-4-2-3-15-11(18)16-10-8(13)5-7(12)6-9(10)14/h5-6H,2-4H2,1H3,(H2,15,16,18). The van der Waals surface area contributed by atoms with Crippen LogP contribution >= 0.6 is 12.2 Å². The summed E-state index contributed by atoms with van der Waals surface area (Å²) in [6.45, 7) is 1.05. The van der Waals surface area contributed by atoms with Crippen LogP contribution < -0.4 is 10.6 Å². The molecular weight excluding hydrogens is 265 g/mol. The van der Waals surface area contributed by atoms with Gasteiger partial charge in [-0.25, -0.2) is 13.2 Å². The van der Waals surface area contributed by atoms with E-state index < -0.39 is 23.1 Å². The third kappa shape index (κ3) is 4.50. The Morgan fingerprint density at radius 2 is 1.89 bits per heavy atom. The van der Waals surface area contributed by atoms with Gasteiger partial charge in [0.1, 0.15) is 11.5 Å². The molecule has 0 spiro atoms. The summed E-state index contributed by atoms with van der Waals surface area (Å²) in [6.07, 6.45) is 0.701. The van der Waals surface area contributed by atoms with E-state index in [4.69, 9.17) is 17.0 Å². The molecule has 0 atom stereocenters. The van der Waals surface area contributed by atoms with Gasteiger partial charge in [-0.2, -0.15) is 0 Å². The largest absolute Gasteiger partial charge is 0.385 e. The minimum Gasteiger partial charge on any atom is -0.385 e. The molecule has 0 aliphatic carbocycles. The fraction of sp³-hybridized carbons (Fsp3) is 0.364. The van der Waals surface area contributed by atoms with Crippen molar-refractivity contribution in [2.45, 2.75) is 6.42 Å². The van der Waals surface area contributed by atoms with E-state index in [1.165, 1.54) is 0 Å². The molecule has 0 saturated carbocycles. The van der Waals surface area contributed by atoms with E-state index in [0.29, 0.717) is 31.7 Å². The highest BCUT2D eigenvalue weighted by atomic mass is 32.1. The Morgan fingerprint density at radius 3 is 2.44 bits per heavy atom. The quantitative estimate of drug-likeness (QED) is 0.640. The van der Waals surface area contributed by atoms with Crippen LogP contribution in [0.2, 0.25) is 0 Å². The van der Waals surface area contributed by atoms with Crippen molar-refractivity contribution in [3.8, 4) is 0 Å². The molecular formula is C11H13F3N2OS. The highest BCUT2D eigenvalue weighted by molar-refractivity contribution is 7.80. The van der Waals surface area contributed by atoms with Gasteiger partial charge in [-0.3, -0.25) is 0 Å². The Balaban J connectivity index is 2.54. The average Bonchev–Trinajstić information content (AvgIpc) is 2.29. The maximum atomic E-state index is 13.3. The third-order valence-corrected chi connectivity index (χ3v) is 2.30. The Bertz CT molecular complexity index is 406. The summed E-state index contributed by atoms with van der Waals surface area (Å²) in [5.74, 6) is -3.04. The van der Waals surface area contributed by atoms with E-state index in [1.807, 2.05) is 0 Å². The lowest BCUT2D eigenvalue weighted by atomic mass is 10.3. The predicted molar refractivity (Wildman–Crippen MR) is 67.0 cm³/mol. The number of thiocarbonyl (C=S) groups is 1. The number of rotatable bonds is 5. The lowest BCUT2D eigenvalue weighted by Crippen LogP contribution is -2.30. The van der Waals surface area contributed by atoms with E-state index >= 15 is 0 Å². The van der Waals surface area contributed by atoms with Crippen molar-refractivity contribution >= 4 is 23.0 Å². The summed E-state index contributed by atoms with van der Waals surface area (Å²) >= 11 is 4.85. The molecule has 3 nitrogen and oxygen atoms in total. The van der Waals surface area contributed by atoms with Gasteiger partial charge in [-0.1, -0.05) is 0 Å². The van der Waals surface area contributed by atoms with Crippen LogP contribution in [0.5, 0.6) is 0 Å². The molecule has 2 N–H and O–H groups in total. The van der Waals surface area contributed by atoms with E-state index in [1.54, 1.807) is 7.11 Å². The molecule has 100 valence electrons. The average molecular weight is 278 g/mol. The van der Waals surface area contributed by atoms with Crippen LogP contribution in [0.3, 0.4) is 0 Å². The van der Waals surface area contributed by atoms with Crippen molar-refractivity contribution in [1.82, 2.24) is 5.32 Å². The van der Waals surface area contributed by atoms with Crippen molar-refractivity contribution in [2.24, 2.45) is 0 Å². The second-order valence-electron chi connectivity index (χ2n) is 3.47. The molecule has 0 bridgehead atoms. The third-order valence-electron chi connectivity index (χ3n) is 2.06. The predicted octanol–water partition coefficient (Wildman–Crippen LogP) is 2.43. The lowest BCUT2D eigenvalue weighted by molar-refractivity contribution is 0.196. The SMILES string of the molecule is COCCCNC(=S)Nc1c(F)cc(F)cc1F. The Hall–Kier alpha value is -1.34. The van der Waals surface area contributed by atoms with Crippen molar-refractivity contribution in [3.63, 3.8) is 0 Å². The van der Waals surface area contributed by atoms with E-state index in [-0.39, 0.29) is 5.11 Å².